The van der Waals surface area contributed by atoms with Gasteiger partial charge in [0.05, 0.1) is 18.6 Å². The van der Waals surface area contributed by atoms with Crippen molar-refractivity contribution < 1.29 is 23.2 Å². The number of rotatable bonds is 4. The van der Waals surface area contributed by atoms with Gasteiger partial charge in [0.2, 0.25) is 5.69 Å². The second-order valence-corrected chi connectivity index (χ2v) is 3.53. The summed E-state index contributed by atoms with van der Waals surface area (Å²) >= 11 is 5.61. The molecular weight excluding hydrogens is 274 g/mol. The molecule has 0 aliphatic carbocycles. The van der Waals surface area contributed by atoms with Crippen LogP contribution in [0.3, 0.4) is 0 Å². The van der Waals surface area contributed by atoms with Crippen LogP contribution >= 0.6 is 11.6 Å². The lowest BCUT2D eigenvalue weighted by Crippen LogP contribution is -2.08. The van der Waals surface area contributed by atoms with Crippen molar-refractivity contribution in [2.24, 2.45) is 0 Å². The average molecular weight is 281 g/mol. The Labute approximate surface area is 105 Å². The molecule has 0 saturated carbocycles. The standard InChI is InChI=1S/C9H7ClF2N2O4/c1-18-6(15)3-4-2-5(14(16)17)13-8(7(4)10)9(11)12/h2,9H,3H2,1H3. The maximum atomic E-state index is 12.6. The van der Waals surface area contributed by atoms with Crippen molar-refractivity contribution in [3.63, 3.8) is 0 Å². The molecule has 6 nitrogen and oxygen atoms in total. The van der Waals surface area contributed by atoms with Gasteiger partial charge in [0.25, 0.3) is 0 Å². The molecule has 0 spiro atoms. The van der Waals surface area contributed by atoms with Gasteiger partial charge in [-0.3, -0.25) is 4.79 Å². The predicted molar refractivity (Wildman–Crippen MR) is 56.6 cm³/mol. The van der Waals surface area contributed by atoms with Gasteiger partial charge < -0.3 is 14.9 Å². The Bertz CT molecular complexity index is 496. The third-order valence-corrected chi connectivity index (χ3v) is 2.44. The van der Waals surface area contributed by atoms with Gasteiger partial charge in [-0.2, -0.15) is 0 Å². The number of carbonyl (C=O) groups is 1. The Morgan fingerprint density at radius 1 is 1.67 bits per heavy atom. The molecule has 9 heteroatoms. The molecule has 1 heterocycles. The fraction of sp³-hybridized carbons (Fsp3) is 0.333. The first-order chi connectivity index (χ1) is 8.36. The zero-order valence-electron chi connectivity index (χ0n) is 9.02. The van der Waals surface area contributed by atoms with Crippen LogP contribution < -0.4 is 0 Å². The second-order valence-electron chi connectivity index (χ2n) is 3.15. The lowest BCUT2D eigenvalue weighted by Gasteiger charge is -2.05. The monoisotopic (exact) mass is 280 g/mol. The number of pyridine rings is 1. The Kier molecular flexibility index (Phi) is 4.49. The van der Waals surface area contributed by atoms with Crippen molar-refractivity contribution >= 4 is 23.4 Å². The molecular formula is C9H7ClF2N2O4. The van der Waals surface area contributed by atoms with Crippen molar-refractivity contribution in [3.05, 3.63) is 32.5 Å². The molecule has 0 unspecified atom stereocenters. The fourth-order valence-electron chi connectivity index (χ4n) is 1.18. The molecule has 18 heavy (non-hydrogen) atoms. The van der Waals surface area contributed by atoms with E-state index in [0.717, 1.165) is 13.2 Å². The highest BCUT2D eigenvalue weighted by Crippen LogP contribution is 2.31. The molecule has 0 fully saturated rings. The van der Waals surface area contributed by atoms with Crippen LogP contribution in [0, 0.1) is 10.1 Å². The Morgan fingerprint density at radius 2 is 2.28 bits per heavy atom. The first-order valence-corrected chi connectivity index (χ1v) is 4.93. The Morgan fingerprint density at radius 3 is 2.72 bits per heavy atom. The van der Waals surface area contributed by atoms with Crippen LogP contribution in [0.25, 0.3) is 0 Å². The van der Waals surface area contributed by atoms with Crippen molar-refractivity contribution in [3.8, 4) is 0 Å². The molecule has 1 aromatic heterocycles. The number of aromatic nitrogens is 1. The van der Waals surface area contributed by atoms with Gasteiger partial charge in [0.1, 0.15) is 0 Å². The highest BCUT2D eigenvalue weighted by atomic mass is 35.5. The lowest BCUT2D eigenvalue weighted by atomic mass is 10.1. The minimum Gasteiger partial charge on any atom is -0.469 e. The zero-order chi connectivity index (χ0) is 13.9. The van der Waals surface area contributed by atoms with Gasteiger partial charge in [-0.05, 0) is 15.5 Å². The number of alkyl halides is 2. The number of hydrogen-bond acceptors (Lipinski definition) is 5. The molecule has 0 radical (unpaired) electrons. The van der Waals surface area contributed by atoms with E-state index in [9.17, 15) is 23.7 Å². The zero-order valence-corrected chi connectivity index (χ0v) is 9.78. The summed E-state index contributed by atoms with van der Waals surface area (Å²) in [4.78, 5) is 23.8. The summed E-state index contributed by atoms with van der Waals surface area (Å²) in [6.07, 6.45) is -3.52. The molecule has 98 valence electrons. The smallest absolute Gasteiger partial charge is 0.364 e. The fourth-order valence-corrected chi connectivity index (χ4v) is 1.43. The van der Waals surface area contributed by atoms with E-state index in [1.807, 2.05) is 0 Å². The summed E-state index contributed by atoms with van der Waals surface area (Å²) in [7, 11) is 1.10. The van der Waals surface area contributed by atoms with Gasteiger partial charge in [-0.15, -0.1) is 0 Å². The van der Waals surface area contributed by atoms with Crippen molar-refractivity contribution in [2.75, 3.05) is 7.11 Å². The van der Waals surface area contributed by atoms with Crippen LogP contribution in [-0.2, 0) is 16.0 Å². The van der Waals surface area contributed by atoms with Crippen LogP contribution in [0.5, 0.6) is 0 Å². The predicted octanol–water partition coefficient (Wildman–Crippen LogP) is 2.30. The Hall–Kier alpha value is -1.83. The van der Waals surface area contributed by atoms with Crippen LogP contribution in [0.1, 0.15) is 17.7 Å². The summed E-state index contributed by atoms with van der Waals surface area (Å²) in [5.74, 6) is -1.55. The number of carbonyl (C=O) groups excluding carboxylic acids is 1. The normalized spacial score (nSPS) is 10.5. The van der Waals surface area contributed by atoms with E-state index < -0.39 is 40.3 Å². The van der Waals surface area contributed by atoms with E-state index in [2.05, 4.69) is 9.72 Å². The Balaban J connectivity index is 3.31. The number of nitrogens with zero attached hydrogens (tertiary/aromatic N) is 2. The first kappa shape index (κ1) is 14.2. The summed E-state index contributed by atoms with van der Waals surface area (Å²) < 4.78 is 29.5. The molecule has 0 aromatic carbocycles. The molecule has 0 aliphatic rings. The van der Waals surface area contributed by atoms with Gasteiger partial charge in [-0.1, -0.05) is 11.6 Å². The molecule has 0 amide bonds. The number of esters is 1. The van der Waals surface area contributed by atoms with E-state index in [1.54, 1.807) is 0 Å². The third-order valence-electron chi connectivity index (χ3n) is 2.00. The minimum absolute atomic E-state index is 0.125. The molecule has 0 bridgehead atoms. The van der Waals surface area contributed by atoms with Crippen molar-refractivity contribution in [1.29, 1.82) is 0 Å². The topological polar surface area (TPSA) is 82.3 Å². The molecule has 0 N–H and O–H groups in total. The minimum atomic E-state index is -3.08. The molecule has 0 saturated heterocycles. The molecule has 0 aliphatic heterocycles. The number of halogens is 3. The van der Waals surface area contributed by atoms with Crippen LogP contribution in [0.15, 0.2) is 6.07 Å². The summed E-state index contributed by atoms with van der Waals surface area (Å²) in [6.45, 7) is 0. The van der Waals surface area contributed by atoms with Gasteiger partial charge in [0.15, 0.2) is 0 Å². The number of hydrogen-bond donors (Lipinski definition) is 0. The van der Waals surface area contributed by atoms with Gasteiger partial charge in [0, 0.05) is 6.07 Å². The maximum absolute atomic E-state index is 12.6. The van der Waals surface area contributed by atoms with Crippen molar-refractivity contribution in [1.82, 2.24) is 4.98 Å². The van der Waals surface area contributed by atoms with E-state index in [-0.39, 0.29) is 5.56 Å². The molecule has 0 atom stereocenters. The van der Waals surface area contributed by atoms with Gasteiger partial charge in [-0.25, -0.2) is 8.78 Å². The van der Waals surface area contributed by atoms with Crippen molar-refractivity contribution in [2.45, 2.75) is 12.8 Å². The average Bonchev–Trinajstić information content (AvgIpc) is 2.30. The highest BCUT2D eigenvalue weighted by Gasteiger charge is 2.27. The van der Waals surface area contributed by atoms with Crippen LogP contribution in [0.2, 0.25) is 5.02 Å². The SMILES string of the molecule is COC(=O)Cc1cc([N+](=O)[O-])nc(C(F)F)c1Cl. The lowest BCUT2D eigenvalue weighted by molar-refractivity contribution is -0.389. The summed E-state index contributed by atoms with van der Waals surface area (Å²) in [5, 5.41) is 10.1. The van der Waals surface area contributed by atoms with E-state index in [4.69, 9.17) is 11.6 Å². The van der Waals surface area contributed by atoms with E-state index in [0.29, 0.717) is 0 Å². The molecule has 1 rings (SSSR count). The number of nitro groups is 1. The quantitative estimate of drug-likeness (QED) is 0.480. The number of ether oxygens (including phenoxy) is 1. The maximum Gasteiger partial charge on any atom is 0.364 e. The summed E-state index contributed by atoms with van der Waals surface area (Å²) in [6, 6.07) is 0.866. The highest BCUT2D eigenvalue weighted by molar-refractivity contribution is 6.32. The number of methoxy groups -OCH3 is 1. The van der Waals surface area contributed by atoms with Crippen LogP contribution in [-0.4, -0.2) is 23.0 Å². The third kappa shape index (κ3) is 3.10. The van der Waals surface area contributed by atoms with Crippen LogP contribution in [0.4, 0.5) is 14.6 Å². The first-order valence-electron chi connectivity index (χ1n) is 4.55. The van der Waals surface area contributed by atoms with Gasteiger partial charge >= 0.3 is 18.2 Å². The largest absolute Gasteiger partial charge is 0.469 e. The van der Waals surface area contributed by atoms with E-state index in [1.165, 1.54) is 0 Å². The summed E-state index contributed by atoms with van der Waals surface area (Å²) in [5.41, 5.74) is -1.05. The molecule has 1 aromatic rings. The second kappa shape index (κ2) is 5.67. The van der Waals surface area contributed by atoms with E-state index >= 15 is 0 Å².